The number of unbranched alkanes of at least 4 members (excludes halogenated alkanes) is 2. The molecule has 2 atom stereocenters. The van der Waals surface area contributed by atoms with E-state index in [2.05, 4.69) is 6.92 Å². The molecule has 1 heterocycles. The highest BCUT2D eigenvalue weighted by Crippen LogP contribution is 2.41. The highest BCUT2D eigenvalue weighted by atomic mass is 19.4. The minimum Gasteiger partial charge on any atom is -0.378 e. The molecule has 5 heteroatoms. The molecule has 0 N–H and O–H groups in total. The lowest BCUT2D eigenvalue weighted by Gasteiger charge is -2.31. The Balaban J connectivity index is 2.11. The second-order valence-corrected chi connectivity index (χ2v) is 6.38. The van der Waals surface area contributed by atoms with Gasteiger partial charge in [0.1, 0.15) is 5.82 Å². The molecule has 130 valence electrons. The first-order valence-electron chi connectivity index (χ1n) is 8.32. The van der Waals surface area contributed by atoms with Crippen molar-refractivity contribution in [3.63, 3.8) is 0 Å². The van der Waals surface area contributed by atoms with Gasteiger partial charge in [-0.15, -0.1) is 0 Å². The maximum atomic E-state index is 14.0. The molecule has 1 aromatic carbocycles. The number of alkyl halides is 3. The SMILES string of the molecule is CCCCCC1CCC(c2ccc(C)c(F)c2C(F)(F)F)CO1. The van der Waals surface area contributed by atoms with Crippen LogP contribution in [0, 0.1) is 12.7 Å². The smallest absolute Gasteiger partial charge is 0.378 e. The zero-order valence-corrected chi connectivity index (χ0v) is 13.7. The van der Waals surface area contributed by atoms with Gasteiger partial charge in [-0.2, -0.15) is 13.2 Å². The number of aryl methyl sites for hydroxylation is 1. The third kappa shape index (κ3) is 4.46. The maximum Gasteiger partial charge on any atom is 0.419 e. The molecule has 1 aliphatic rings. The lowest BCUT2D eigenvalue weighted by atomic mass is 9.86. The Morgan fingerprint density at radius 2 is 1.91 bits per heavy atom. The van der Waals surface area contributed by atoms with Crippen LogP contribution in [0.3, 0.4) is 0 Å². The van der Waals surface area contributed by atoms with Gasteiger partial charge in [0.2, 0.25) is 0 Å². The van der Waals surface area contributed by atoms with Crippen LogP contribution in [0.25, 0.3) is 0 Å². The molecule has 1 nitrogen and oxygen atoms in total. The topological polar surface area (TPSA) is 9.23 Å². The zero-order chi connectivity index (χ0) is 17.0. The van der Waals surface area contributed by atoms with Gasteiger partial charge in [-0.3, -0.25) is 0 Å². The summed E-state index contributed by atoms with van der Waals surface area (Å²) in [7, 11) is 0. The van der Waals surface area contributed by atoms with E-state index in [1.807, 2.05) is 0 Å². The molecule has 2 unspecified atom stereocenters. The molecule has 0 radical (unpaired) electrons. The standard InChI is InChI=1S/C18H24F4O/c1-3-4-5-6-14-9-8-13(11-23-14)15-10-7-12(2)17(19)16(15)18(20,21)22/h7,10,13-14H,3-6,8-9,11H2,1-2H3. The fourth-order valence-corrected chi connectivity index (χ4v) is 3.22. The molecule has 0 spiro atoms. The summed E-state index contributed by atoms with van der Waals surface area (Å²) in [5.74, 6) is -1.54. The van der Waals surface area contributed by atoms with Gasteiger partial charge < -0.3 is 4.74 Å². The monoisotopic (exact) mass is 332 g/mol. The highest BCUT2D eigenvalue weighted by Gasteiger charge is 2.39. The van der Waals surface area contributed by atoms with Gasteiger partial charge in [0.15, 0.2) is 0 Å². The summed E-state index contributed by atoms with van der Waals surface area (Å²) in [5, 5.41) is 0. The quantitative estimate of drug-likeness (QED) is 0.475. The van der Waals surface area contributed by atoms with Crippen LogP contribution in [0.4, 0.5) is 17.6 Å². The van der Waals surface area contributed by atoms with Crippen LogP contribution in [0.1, 0.15) is 68.1 Å². The van der Waals surface area contributed by atoms with Gasteiger partial charge in [0.05, 0.1) is 18.3 Å². The molecule has 0 aromatic heterocycles. The van der Waals surface area contributed by atoms with Crippen LogP contribution in [0.15, 0.2) is 12.1 Å². The van der Waals surface area contributed by atoms with Crippen LogP contribution in [-0.4, -0.2) is 12.7 Å². The lowest BCUT2D eigenvalue weighted by Crippen LogP contribution is -2.27. The average molecular weight is 332 g/mol. The predicted octanol–water partition coefficient (Wildman–Crippen LogP) is 6.00. The molecule has 1 saturated heterocycles. The van der Waals surface area contributed by atoms with Crippen LogP contribution in [0.5, 0.6) is 0 Å². The van der Waals surface area contributed by atoms with Crippen molar-refractivity contribution in [1.82, 2.24) is 0 Å². The van der Waals surface area contributed by atoms with Gasteiger partial charge in [-0.1, -0.05) is 38.3 Å². The van der Waals surface area contributed by atoms with Crippen molar-refractivity contribution in [3.05, 3.63) is 34.6 Å². The largest absolute Gasteiger partial charge is 0.419 e. The van der Waals surface area contributed by atoms with Crippen molar-refractivity contribution in [2.24, 2.45) is 0 Å². The molecule has 1 aromatic rings. The van der Waals surface area contributed by atoms with Crippen molar-refractivity contribution in [3.8, 4) is 0 Å². The summed E-state index contributed by atoms with van der Waals surface area (Å²) in [6, 6.07) is 2.83. The van der Waals surface area contributed by atoms with E-state index in [9.17, 15) is 17.6 Å². The molecular weight excluding hydrogens is 308 g/mol. The second-order valence-electron chi connectivity index (χ2n) is 6.38. The van der Waals surface area contributed by atoms with E-state index in [0.717, 1.165) is 32.1 Å². The Morgan fingerprint density at radius 3 is 2.48 bits per heavy atom. The number of halogens is 4. The zero-order valence-electron chi connectivity index (χ0n) is 13.7. The van der Waals surface area contributed by atoms with Crippen LogP contribution < -0.4 is 0 Å². The van der Waals surface area contributed by atoms with E-state index < -0.39 is 17.6 Å². The Kier molecular flexibility index (Phi) is 6.06. The van der Waals surface area contributed by atoms with E-state index in [1.54, 1.807) is 0 Å². The van der Waals surface area contributed by atoms with Gasteiger partial charge in [-0.25, -0.2) is 4.39 Å². The Hall–Kier alpha value is -1.10. The summed E-state index contributed by atoms with van der Waals surface area (Å²) in [5.41, 5.74) is -1.06. The molecule has 0 amide bonds. The molecule has 0 aliphatic carbocycles. The number of benzene rings is 1. The molecule has 2 rings (SSSR count). The third-order valence-electron chi connectivity index (χ3n) is 4.59. The summed E-state index contributed by atoms with van der Waals surface area (Å²) in [4.78, 5) is 0. The minimum atomic E-state index is -4.68. The number of hydrogen-bond donors (Lipinski definition) is 0. The van der Waals surface area contributed by atoms with E-state index in [4.69, 9.17) is 4.74 Å². The van der Waals surface area contributed by atoms with Gasteiger partial charge in [0, 0.05) is 5.92 Å². The first kappa shape index (κ1) is 18.2. The fourth-order valence-electron chi connectivity index (χ4n) is 3.22. The van der Waals surface area contributed by atoms with Gasteiger partial charge in [0.25, 0.3) is 0 Å². The molecule has 1 fully saturated rings. The normalized spacial score (nSPS) is 22.3. The Morgan fingerprint density at radius 1 is 1.17 bits per heavy atom. The van der Waals surface area contributed by atoms with Crippen LogP contribution in [-0.2, 0) is 10.9 Å². The second kappa shape index (κ2) is 7.65. The van der Waals surface area contributed by atoms with Gasteiger partial charge in [-0.05, 0) is 37.3 Å². The van der Waals surface area contributed by atoms with Crippen LogP contribution in [0.2, 0.25) is 0 Å². The Labute approximate surface area is 135 Å². The first-order valence-corrected chi connectivity index (χ1v) is 8.32. The number of ether oxygens (including phenoxy) is 1. The number of rotatable bonds is 5. The molecule has 0 saturated carbocycles. The Bertz CT molecular complexity index is 516. The lowest BCUT2D eigenvalue weighted by molar-refractivity contribution is -0.141. The summed E-state index contributed by atoms with van der Waals surface area (Å²) in [6.07, 6.45) is 1.11. The van der Waals surface area contributed by atoms with E-state index >= 15 is 0 Å². The van der Waals surface area contributed by atoms with Crippen molar-refractivity contribution < 1.29 is 22.3 Å². The average Bonchev–Trinajstić information content (AvgIpc) is 2.49. The van der Waals surface area contributed by atoms with E-state index in [0.29, 0.717) is 6.42 Å². The minimum absolute atomic E-state index is 0.0234. The van der Waals surface area contributed by atoms with Crippen molar-refractivity contribution in [2.75, 3.05) is 6.61 Å². The van der Waals surface area contributed by atoms with Crippen LogP contribution >= 0.6 is 0 Å². The molecule has 23 heavy (non-hydrogen) atoms. The summed E-state index contributed by atoms with van der Waals surface area (Å²) < 4.78 is 59.5. The number of hydrogen-bond acceptors (Lipinski definition) is 1. The summed E-state index contributed by atoms with van der Waals surface area (Å²) >= 11 is 0. The van der Waals surface area contributed by atoms with Crippen molar-refractivity contribution >= 4 is 0 Å². The molecular formula is C18H24F4O. The van der Waals surface area contributed by atoms with Gasteiger partial charge >= 0.3 is 6.18 Å². The first-order chi connectivity index (χ1) is 10.8. The fraction of sp³-hybridized carbons (Fsp3) is 0.667. The van der Waals surface area contributed by atoms with Crippen molar-refractivity contribution in [1.29, 1.82) is 0 Å². The summed E-state index contributed by atoms with van der Waals surface area (Å²) in [6.45, 7) is 3.72. The highest BCUT2D eigenvalue weighted by molar-refractivity contribution is 5.38. The maximum absolute atomic E-state index is 14.0. The third-order valence-corrected chi connectivity index (χ3v) is 4.59. The predicted molar refractivity (Wildman–Crippen MR) is 82.0 cm³/mol. The van der Waals surface area contributed by atoms with E-state index in [1.165, 1.54) is 19.1 Å². The van der Waals surface area contributed by atoms with Crippen molar-refractivity contribution in [2.45, 2.75) is 70.6 Å². The molecule has 0 bridgehead atoms. The van der Waals surface area contributed by atoms with E-state index in [-0.39, 0.29) is 29.8 Å². The molecule has 1 aliphatic heterocycles.